The van der Waals surface area contributed by atoms with Gasteiger partial charge in [0.15, 0.2) is 11.2 Å². The lowest BCUT2D eigenvalue weighted by Crippen LogP contribution is -2.55. The van der Waals surface area contributed by atoms with Gasteiger partial charge in [-0.05, 0) is 12.1 Å². The van der Waals surface area contributed by atoms with Crippen molar-refractivity contribution >= 4 is 35.8 Å². The topological polar surface area (TPSA) is 70.7 Å². The van der Waals surface area contributed by atoms with Crippen LogP contribution in [0, 0.1) is 0 Å². The molecule has 5 nitrogen and oxygen atoms in total. The molecule has 2 rings (SSSR count). The van der Waals surface area contributed by atoms with Crippen LogP contribution in [0.15, 0.2) is 29.4 Å². The molecular formula is C9H9ClN4OS. The molecule has 1 heterocycles. The SMILES string of the molecule is NN1C(=O)C(c2ccc(Cl)cc2)=NNC1S. The van der Waals surface area contributed by atoms with Crippen molar-refractivity contribution in [1.29, 1.82) is 0 Å². The summed E-state index contributed by atoms with van der Waals surface area (Å²) in [5.41, 5.74) is 2.91. The molecule has 0 saturated heterocycles. The third kappa shape index (κ3) is 1.99. The van der Waals surface area contributed by atoms with Gasteiger partial charge < -0.3 is 0 Å². The minimum absolute atomic E-state index is 0.240. The number of hydrazone groups is 1. The Hall–Kier alpha value is -1.24. The number of hydrazine groups is 1. The van der Waals surface area contributed by atoms with E-state index in [0.717, 1.165) is 5.01 Å². The molecular weight excluding hydrogens is 248 g/mol. The van der Waals surface area contributed by atoms with Gasteiger partial charge in [-0.1, -0.05) is 23.7 Å². The van der Waals surface area contributed by atoms with Gasteiger partial charge in [-0.2, -0.15) is 5.10 Å². The molecule has 1 aliphatic heterocycles. The zero-order chi connectivity index (χ0) is 11.7. The van der Waals surface area contributed by atoms with Gasteiger partial charge in [-0.3, -0.25) is 10.2 Å². The first kappa shape index (κ1) is 11.3. The third-order valence-electron chi connectivity index (χ3n) is 2.11. The lowest BCUT2D eigenvalue weighted by Gasteiger charge is -2.27. The van der Waals surface area contributed by atoms with E-state index in [1.54, 1.807) is 24.3 Å². The van der Waals surface area contributed by atoms with Gasteiger partial charge in [-0.15, -0.1) is 12.6 Å². The number of carbonyl (C=O) groups is 1. The molecule has 1 aliphatic rings. The highest BCUT2D eigenvalue weighted by Crippen LogP contribution is 2.13. The fraction of sp³-hybridized carbons (Fsp3) is 0.111. The summed E-state index contributed by atoms with van der Waals surface area (Å²) >= 11 is 9.78. The predicted molar refractivity (Wildman–Crippen MR) is 64.9 cm³/mol. The van der Waals surface area contributed by atoms with Crippen molar-refractivity contribution in [2.75, 3.05) is 0 Å². The molecule has 0 aliphatic carbocycles. The summed E-state index contributed by atoms with van der Waals surface area (Å²) < 4.78 is 0. The zero-order valence-corrected chi connectivity index (χ0v) is 9.74. The first-order valence-corrected chi connectivity index (χ1v) is 5.34. The minimum Gasteiger partial charge on any atom is -0.276 e. The van der Waals surface area contributed by atoms with Crippen LogP contribution in [-0.2, 0) is 4.79 Å². The summed E-state index contributed by atoms with van der Waals surface area (Å²) in [4.78, 5) is 11.8. The maximum atomic E-state index is 11.8. The molecule has 0 bridgehead atoms. The fourth-order valence-electron chi connectivity index (χ4n) is 1.26. The van der Waals surface area contributed by atoms with Gasteiger partial charge in [0.05, 0.1) is 0 Å². The highest BCUT2D eigenvalue weighted by atomic mass is 35.5. The van der Waals surface area contributed by atoms with Crippen LogP contribution in [0.25, 0.3) is 0 Å². The Bertz CT molecular complexity index is 447. The number of nitrogens with one attached hydrogen (secondary N) is 1. The first-order chi connectivity index (χ1) is 7.59. The van der Waals surface area contributed by atoms with Crippen molar-refractivity contribution in [3.8, 4) is 0 Å². The predicted octanol–water partition coefficient (Wildman–Crippen LogP) is 0.563. The molecule has 7 heteroatoms. The fourth-order valence-corrected chi connectivity index (χ4v) is 1.55. The summed E-state index contributed by atoms with van der Waals surface area (Å²) in [5.74, 6) is 5.13. The smallest absolute Gasteiger partial charge is 0.276 e. The second kappa shape index (κ2) is 4.32. The van der Waals surface area contributed by atoms with E-state index in [9.17, 15) is 4.79 Å². The van der Waals surface area contributed by atoms with Gasteiger partial charge >= 0.3 is 0 Å². The lowest BCUT2D eigenvalue weighted by molar-refractivity contribution is -0.126. The summed E-state index contributed by atoms with van der Waals surface area (Å²) in [5, 5.41) is 5.48. The number of amides is 1. The molecule has 0 aromatic heterocycles. The van der Waals surface area contributed by atoms with Crippen molar-refractivity contribution < 1.29 is 4.79 Å². The van der Waals surface area contributed by atoms with Gasteiger partial charge in [0.2, 0.25) is 0 Å². The van der Waals surface area contributed by atoms with Crippen LogP contribution in [0.3, 0.4) is 0 Å². The Balaban J connectivity index is 2.34. The maximum Gasteiger partial charge on any atom is 0.291 e. The Morgan fingerprint density at radius 1 is 1.44 bits per heavy atom. The molecule has 0 saturated carbocycles. The average molecular weight is 257 g/mol. The summed E-state index contributed by atoms with van der Waals surface area (Å²) in [6.45, 7) is 0. The van der Waals surface area contributed by atoms with E-state index in [2.05, 4.69) is 23.2 Å². The largest absolute Gasteiger partial charge is 0.291 e. The summed E-state index contributed by atoms with van der Waals surface area (Å²) in [6.07, 6.45) is 0. The molecule has 1 aromatic carbocycles. The van der Waals surface area contributed by atoms with Gasteiger partial charge in [-0.25, -0.2) is 10.9 Å². The number of halogens is 1. The van der Waals surface area contributed by atoms with Gasteiger partial charge in [0.1, 0.15) is 0 Å². The summed E-state index contributed by atoms with van der Waals surface area (Å²) in [6, 6.07) is 6.77. The molecule has 0 radical (unpaired) electrons. The van der Waals surface area contributed by atoms with Gasteiger partial charge in [0.25, 0.3) is 5.91 Å². The van der Waals surface area contributed by atoms with E-state index in [-0.39, 0.29) is 11.6 Å². The second-order valence-electron chi connectivity index (χ2n) is 3.18. The Morgan fingerprint density at radius 3 is 2.69 bits per heavy atom. The van der Waals surface area contributed by atoms with Crippen molar-refractivity contribution in [3.63, 3.8) is 0 Å². The molecule has 0 spiro atoms. The number of benzene rings is 1. The molecule has 84 valence electrons. The Labute approximate surface area is 103 Å². The maximum absolute atomic E-state index is 11.8. The van der Waals surface area contributed by atoms with E-state index >= 15 is 0 Å². The Kier molecular flexibility index (Phi) is 3.04. The number of nitrogens with two attached hydrogens (primary N) is 1. The Morgan fingerprint density at radius 2 is 2.06 bits per heavy atom. The second-order valence-corrected chi connectivity index (χ2v) is 4.11. The van der Waals surface area contributed by atoms with Crippen LogP contribution in [0.5, 0.6) is 0 Å². The first-order valence-electron chi connectivity index (χ1n) is 4.45. The monoisotopic (exact) mass is 256 g/mol. The third-order valence-corrected chi connectivity index (χ3v) is 2.73. The van der Waals surface area contributed by atoms with Crippen LogP contribution >= 0.6 is 24.2 Å². The van der Waals surface area contributed by atoms with E-state index < -0.39 is 5.50 Å². The summed E-state index contributed by atoms with van der Waals surface area (Å²) in [7, 11) is 0. The van der Waals surface area contributed by atoms with E-state index in [1.165, 1.54) is 0 Å². The number of thiol groups is 1. The van der Waals surface area contributed by atoms with Crippen LogP contribution in [-0.4, -0.2) is 22.1 Å². The van der Waals surface area contributed by atoms with E-state index in [4.69, 9.17) is 17.4 Å². The van der Waals surface area contributed by atoms with Crippen molar-refractivity contribution in [2.45, 2.75) is 5.50 Å². The zero-order valence-electron chi connectivity index (χ0n) is 8.09. The quantitative estimate of drug-likeness (QED) is 0.391. The van der Waals surface area contributed by atoms with Crippen molar-refractivity contribution in [2.24, 2.45) is 10.9 Å². The molecule has 1 atom stereocenters. The molecule has 16 heavy (non-hydrogen) atoms. The van der Waals surface area contributed by atoms with E-state index in [0.29, 0.717) is 10.6 Å². The number of hydrogen-bond donors (Lipinski definition) is 3. The molecule has 1 aromatic rings. The van der Waals surface area contributed by atoms with E-state index in [1.807, 2.05) is 0 Å². The highest BCUT2D eigenvalue weighted by molar-refractivity contribution is 7.80. The minimum atomic E-state index is -0.608. The average Bonchev–Trinajstić information content (AvgIpc) is 2.28. The molecule has 0 fully saturated rings. The molecule has 1 amide bonds. The van der Waals surface area contributed by atoms with Crippen LogP contribution in [0.2, 0.25) is 5.02 Å². The normalized spacial score (nSPS) is 20.4. The number of rotatable bonds is 1. The number of hydrogen-bond acceptors (Lipinski definition) is 5. The number of nitrogens with zero attached hydrogens (tertiary/aromatic N) is 2. The van der Waals surface area contributed by atoms with Crippen LogP contribution in [0.4, 0.5) is 0 Å². The highest BCUT2D eigenvalue weighted by Gasteiger charge is 2.27. The van der Waals surface area contributed by atoms with Crippen LogP contribution < -0.4 is 11.3 Å². The molecule has 3 N–H and O–H groups in total. The van der Waals surface area contributed by atoms with Crippen molar-refractivity contribution in [3.05, 3.63) is 34.9 Å². The van der Waals surface area contributed by atoms with Gasteiger partial charge in [0, 0.05) is 10.6 Å². The number of carbonyl (C=O) groups excluding carboxylic acids is 1. The standard InChI is InChI=1S/C9H9ClN4OS/c10-6-3-1-5(2-4-6)7-8(15)14(11)9(16)13-12-7/h1-4,9,13,16H,11H2. The van der Waals surface area contributed by atoms with Crippen LogP contribution in [0.1, 0.15) is 5.56 Å². The lowest BCUT2D eigenvalue weighted by atomic mass is 10.1. The van der Waals surface area contributed by atoms with Crippen molar-refractivity contribution in [1.82, 2.24) is 10.4 Å². The molecule has 1 unspecified atom stereocenters.